The van der Waals surface area contributed by atoms with Gasteiger partial charge in [0.1, 0.15) is 0 Å². The van der Waals surface area contributed by atoms with Crippen molar-refractivity contribution in [3.05, 3.63) is 29.8 Å². The number of nitrogens with zero attached hydrogens (tertiary/aromatic N) is 2. The van der Waals surface area contributed by atoms with Gasteiger partial charge in [-0.3, -0.25) is 4.79 Å². The van der Waals surface area contributed by atoms with Gasteiger partial charge in [0.25, 0.3) is 0 Å². The van der Waals surface area contributed by atoms with Gasteiger partial charge in [0.2, 0.25) is 5.91 Å². The van der Waals surface area contributed by atoms with E-state index in [2.05, 4.69) is 15.5 Å². The van der Waals surface area contributed by atoms with Crippen LogP contribution in [0.15, 0.2) is 24.3 Å². The quantitative estimate of drug-likeness (QED) is 0.704. The minimum Gasteiger partial charge on any atom is -0.326 e. The average Bonchev–Trinajstić information content (AvgIpc) is 2.42. The molecule has 0 saturated heterocycles. The van der Waals surface area contributed by atoms with Gasteiger partial charge in [-0.1, -0.05) is 6.07 Å². The molecule has 20 heavy (non-hydrogen) atoms. The van der Waals surface area contributed by atoms with E-state index in [1.54, 1.807) is 24.3 Å². The van der Waals surface area contributed by atoms with Gasteiger partial charge in [-0.15, -0.1) is 0 Å². The smallest absolute Gasteiger partial charge is 0.225 e. The van der Waals surface area contributed by atoms with E-state index in [1.165, 1.54) is 0 Å². The molecule has 1 aromatic rings. The fourth-order valence-electron chi connectivity index (χ4n) is 1.74. The Morgan fingerprint density at radius 2 is 2.15 bits per heavy atom. The Hall–Kier alpha value is -1.90. The van der Waals surface area contributed by atoms with Crippen LogP contribution in [0.3, 0.4) is 0 Å². The van der Waals surface area contributed by atoms with Crippen LogP contribution in [0.5, 0.6) is 0 Å². The highest BCUT2D eigenvalue weighted by Crippen LogP contribution is 2.09. The molecule has 1 aromatic carbocycles. The summed E-state index contributed by atoms with van der Waals surface area (Å²) in [5.41, 5.74) is 1.21. The molecule has 5 nitrogen and oxygen atoms in total. The van der Waals surface area contributed by atoms with E-state index in [4.69, 9.17) is 5.26 Å². The fourth-order valence-corrected chi connectivity index (χ4v) is 1.74. The Labute approximate surface area is 120 Å². The number of hydrogen-bond acceptors (Lipinski definition) is 4. The number of carbonyl (C=O) groups is 1. The molecule has 0 saturated carbocycles. The number of hydrogen-bond donors (Lipinski definition) is 2. The lowest BCUT2D eigenvalue weighted by Gasteiger charge is -2.10. The monoisotopic (exact) mass is 274 g/mol. The molecule has 1 rings (SSSR count). The summed E-state index contributed by atoms with van der Waals surface area (Å²) in [4.78, 5) is 13.8. The van der Waals surface area contributed by atoms with Crippen LogP contribution in [0.1, 0.15) is 18.4 Å². The van der Waals surface area contributed by atoms with Gasteiger partial charge in [0.05, 0.1) is 11.6 Å². The fraction of sp³-hybridized carbons (Fsp3) is 0.467. The van der Waals surface area contributed by atoms with Crippen molar-refractivity contribution in [2.24, 2.45) is 0 Å². The molecule has 0 fully saturated rings. The number of carbonyl (C=O) groups excluding carboxylic acids is 1. The number of nitriles is 1. The summed E-state index contributed by atoms with van der Waals surface area (Å²) in [6, 6.07) is 8.97. The number of benzene rings is 1. The first-order chi connectivity index (χ1) is 9.61. The third kappa shape index (κ3) is 6.88. The van der Waals surface area contributed by atoms with Crippen molar-refractivity contribution < 1.29 is 4.79 Å². The summed E-state index contributed by atoms with van der Waals surface area (Å²) >= 11 is 0. The maximum Gasteiger partial charge on any atom is 0.225 e. The van der Waals surface area contributed by atoms with Gasteiger partial charge >= 0.3 is 0 Å². The van der Waals surface area contributed by atoms with Gasteiger partial charge in [0, 0.05) is 18.7 Å². The van der Waals surface area contributed by atoms with E-state index >= 15 is 0 Å². The summed E-state index contributed by atoms with van der Waals surface area (Å²) in [6.07, 6.45) is 1.50. The minimum absolute atomic E-state index is 0.0415. The molecule has 108 valence electrons. The molecule has 0 heterocycles. The average molecular weight is 274 g/mol. The molecule has 0 aliphatic rings. The molecule has 0 unspecified atom stereocenters. The zero-order valence-corrected chi connectivity index (χ0v) is 12.1. The largest absolute Gasteiger partial charge is 0.326 e. The highest BCUT2D eigenvalue weighted by molar-refractivity contribution is 5.90. The van der Waals surface area contributed by atoms with Crippen molar-refractivity contribution in [3.63, 3.8) is 0 Å². The lowest BCUT2D eigenvalue weighted by Crippen LogP contribution is -2.25. The zero-order chi connectivity index (χ0) is 14.8. The third-order valence-electron chi connectivity index (χ3n) is 2.76. The first kappa shape index (κ1) is 16.2. The van der Waals surface area contributed by atoms with Crippen LogP contribution >= 0.6 is 0 Å². The first-order valence-corrected chi connectivity index (χ1v) is 6.77. The van der Waals surface area contributed by atoms with Crippen molar-refractivity contribution in [2.75, 3.05) is 39.0 Å². The highest BCUT2D eigenvalue weighted by atomic mass is 16.1. The van der Waals surface area contributed by atoms with Crippen LogP contribution in [-0.2, 0) is 4.79 Å². The van der Waals surface area contributed by atoms with Gasteiger partial charge in [0.15, 0.2) is 0 Å². The predicted octanol–water partition coefficient (Wildman–Crippen LogP) is 1.43. The number of anilines is 1. The molecule has 0 radical (unpaired) electrons. The Balaban J connectivity index is 2.19. The van der Waals surface area contributed by atoms with E-state index in [0.717, 1.165) is 19.5 Å². The highest BCUT2D eigenvalue weighted by Gasteiger charge is 2.02. The summed E-state index contributed by atoms with van der Waals surface area (Å²) in [5.74, 6) is -0.0415. The Morgan fingerprint density at radius 3 is 2.85 bits per heavy atom. The van der Waals surface area contributed by atoms with Crippen molar-refractivity contribution >= 4 is 11.6 Å². The molecule has 5 heteroatoms. The SMILES string of the molecule is CN(C)CCCNCCC(=O)Nc1cccc(C#N)c1. The maximum atomic E-state index is 11.7. The molecule has 1 amide bonds. The van der Waals surface area contributed by atoms with Crippen LogP contribution < -0.4 is 10.6 Å². The molecule has 0 atom stereocenters. The second-order valence-corrected chi connectivity index (χ2v) is 4.90. The number of nitrogens with one attached hydrogen (secondary N) is 2. The second kappa shape index (κ2) is 9.08. The topological polar surface area (TPSA) is 68.2 Å². The van der Waals surface area contributed by atoms with Gasteiger partial charge < -0.3 is 15.5 Å². The van der Waals surface area contributed by atoms with Crippen LogP contribution in [0.2, 0.25) is 0 Å². The Bertz CT molecular complexity index is 465. The predicted molar refractivity (Wildman–Crippen MR) is 80.4 cm³/mol. The summed E-state index contributed by atoms with van der Waals surface area (Å²) < 4.78 is 0. The van der Waals surface area contributed by atoms with Gasteiger partial charge in [-0.05, 0) is 51.8 Å². The molecule has 2 N–H and O–H groups in total. The Morgan fingerprint density at radius 1 is 1.35 bits per heavy atom. The lowest BCUT2D eigenvalue weighted by molar-refractivity contribution is -0.116. The van der Waals surface area contributed by atoms with E-state index in [0.29, 0.717) is 24.2 Å². The molecule has 0 aliphatic heterocycles. The van der Waals surface area contributed by atoms with Crippen LogP contribution in [-0.4, -0.2) is 44.5 Å². The van der Waals surface area contributed by atoms with E-state index in [9.17, 15) is 4.79 Å². The van der Waals surface area contributed by atoms with E-state index < -0.39 is 0 Å². The normalized spacial score (nSPS) is 10.3. The molecule has 0 bridgehead atoms. The summed E-state index contributed by atoms with van der Waals surface area (Å²) in [5, 5.41) is 14.8. The van der Waals surface area contributed by atoms with Gasteiger partial charge in [-0.2, -0.15) is 5.26 Å². The molecule has 0 aliphatic carbocycles. The van der Waals surface area contributed by atoms with Crippen LogP contribution in [0.4, 0.5) is 5.69 Å². The molecular weight excluding hydrogens is 252 g/mol. The van der Waals surface area contributed by atoms with Crippen LogP contribution in [0, 0.1) is 11.3 Å². The standard InChI is InChI=1S/C15H22N4O/c1-19(2)10-4-8-17-9-7-15(20)18-14-6-3-5-13(11-14)12-16/h3,5-6,11,17H,4,7-10H2,1-2H3,(H,18,20). The first-order valence-electron chi connectivity index (χ1n) is 6.77. The summed E-state index contributed by atoms with van der Waals surface area (Å²) in [6.45, 7) is 2.62. The van der Waals surface area contributed by atoms with Crippen molar-refractivity contribution in [1.82, 2.24) is 10.2 Å². The van der Waals surface area contributed by atoms with Crippen LogP contribution in [0.25, 0.3) is 0 Å². The zero-order valence-electron chi connectivity index (χ0n) is 12.1. The number of rotatable bonds is 8. The third-order valence-corrected chi connectivity index (χ3v) is 2.76. The van der Waals surface area contributed by atoms with Crippen molar-refractivity contribution in [1.29, 1.82) is 5.26 Å². The molecule has 0 spiro atoms. The van der Waals surface area contributed by atoms with Crippen molar-refractivity contribution in [3.8, 4) is 6.07 Å². The van der Waals surface area contributed by atoms with Crippen molar-refractivity contribution in [2.45, 2.75) is 12.8 Å². The lowest BCUT2D eigenvalue weighted by atomic mass is 10.2. The summed E-state index contributed by atoms with van der Waals surface area (Å²) in [7, 11) is 4.09. The molecule has 0 aromatic heterocycles. The maximum absolute atomic E-state index is 11.7. The van der Waals surface area contributed by atoms with E-state index in [1.807, 2.05) is 20.2 Å². The minimum atomic E-state index is -0.0415. The number of amides is 1. The molecular formula is C15H22N4O. The Kier molecular flexibility index (Phi) is 7.33. The van der Waals surface area contributed by atoms with E-state index in [-0.39, 0.29) is 5.91 Å². The second-order valence-electron chi connectivity index (χ2n) is 4.90. The van der Waals surface area contributed by atoms with Gasteiger partial charge in [-0.25, -0.2) is 0 Å².